The van der Waals surface area contributed by atoms with E-state index >= 15 is 0 Å². The highest BCUT2D eigenvalue weighted by atomic mass is 16.5. The third kappa shape index (κ3) is 4.45. The number of hydrogen-bond acceptors (Lipinski definition) is 4. The van der Waals surface area contributed by atoms with Gasteiger partial charge in [0, 0.05) is 38.9 Å². The number of para-hydroxylation sites is 1. The Morgan fingerprint density at radius 1 is 1.18 bits per heavy atom. The Morgan fingerprint density at radius 2 is 1.82 bits per heavy atom. The second-order valence-electron chi connectivity index (χ2n) is 5.85. The second kappa shape index (κ2) is 8.15. The smallest absolute Gasteiger partial charge is 0.239 e. The molecule has 2 rings (SSSR count). The van der Waals surface area contributed by atoms with Crippen molar-refractivity contribution in [3.05, 3.63) is 30.3 Å². The zero-order chi connectivity index (χ0) is 15.9. The van der Waals surface area contributed by atoms with Gasteiger partial charge in [-0.25, -0.2) is 0 Å². The number of carbonyl (C=O) groups is 1. The maximum Gasteiger partial charge on any atom is 0.239 e. The van der Waals surface area contributed by atoms with Crippen LogP contribution in [-0.4, -0.2) is 75.2 Å². The molecule has 22 heavy (non-hydrogen) atoms. The first-order chi connectivity index (χ1) is 10.6. The average molecular weight is 305 g/mol. The summed E-state index contributed by atoms with van der Waals surface area (Å²) in [6.07, 6.45) is 0. The third-order valence-corrected chi connectivity index (χ3v) is 4.33. The van der Waals surface area contributed by atoms with Gasteiger partial charge >= 0.3 is 0 Å². The molecule has 1 aliphatic rings. The number of benzene rings is 1. The van der Waals surface area contributed by atoms with Gasteiger partial charge in [0.2, 0.25) is 5.91 Å². The van der Waals surface area contributed by atoms with Crippen LogP contribution in [0.5, 0.6) is 0 Å². The van der Waals surface area contributed by atoms with E-state index in [4.69, 9.17) is 4.74 Å². The highest BCUT2D eigenvalue weighted by molar-refractivity contribution is 5.81. The topological polar surface area (TPSA) is 36.0 Å². The van der Waals surface area contributed by atoms with E-state index in [-0.39, 0.29) is 11.9 Å². The minimum Gasteiger partial charge on any atom is -0.378 e. The van der Waals surface area contributed by atoms with Crippen molar-refractivity contribution in [2.24, 2.45) is 0 Å². The standard InChI is InChI=1S/C17H27N3O2/c1-15(17(21)20-11-13-22-14-12-20)18(2)9-10-19(3)16-7-5-4-6-8-16/h4-8,15H,9-14H2,1-3H3/t15-/m0/s1. The fraction of sp³-hybridized carbons (Fsp3) is 0.588. The lowest BCUT2D eigenvalue weighted by Crippen LogP contribution is -2.50. The third-order valence-electron chi connectivity index (χ3n) is 4.33. The average Bonchev–Trinajstić information content (AvgIpc) is 2.59. The highest BCUT2D eigenvalue weighted by Gasteiger charge is 2.25. The van der Waals surface area contributed by atoms with Crippen LogP contribution < -0.4 is 4.90 Å². The maximum atomic E-state index is 12.5. The van der Waals surface area contributed by atoms with Gasteiger partial charge in [-0.3, -0.25) is 9.69 Å². The van der Waals surface area contributed by atoms with Gasteiger partial charge in [0.05, 0.1) is 19.3 Å². The lowest BCUT2D eigenvalue weighted by Gasteiger charge is -2.33. The number of anilines is 1. The molecule has 0 bridgehead atoms. The van der Waals surface area contributed by atoms with Gasteiger partial charge in [0.15, 0.2) is 0 Å². The van der Waals surface area contributed by atoms with Crippen molar-refractivity contribution in [3.63, 3.8) is 0 Å². The summed E-state index contributed by atoms with van der Waals surface area (Å²) in [5.41, 5.74) is 1.20. The zero-order valence-corrected chi connectivity index (χ0v) is 13.9. The van der Waals surface area contributed by atoms with Crippen LogP contribution in [0.1, 0.15) is 6.92 Å². The number of amides is 1. The van der Waals surface area contributed by atoms with Gasteiger partial charge in [-0.1, -0.05) is 18.2 Å². The van der Waals surface area contributed by atoms with E-state index in [9.17, 15) is 4.79 Å². The molecular formula is C17H27N3O2. The molecule has 1 amide bonds. The van der Waals surface area contributed by atoms with E-state index in [1.54, 1.807) is 0 Å². The fourth-order valence-corrected chi connectivity index (χ4v) is 2.55. The SMILES string of the molecule is C[C@@H](C(=O)N1CCOCC1)N(C)CCN(C)c1ccccc1. The monoisotopic (exact) mass is 305 g/mol. The summed E-state index contributed by atoms with van der Waals surface area (Å²) < 4.78 is 5.30. The largest absolute Gasteiger partial charge is 0.378 e. The molecule has 0 aliphatic carbocycles. The number of nitrogens with zero attached hydrogens (tertiary/aromatic N) is 3. The van der Waals surface area contributed by atoms with E-state index in [1.807, 2.05) is 37.1 Å². The number of hydrogen-bond donors (Lipinski definition) is 0. The molecule has 1 fully saturated rings. The van der Waals surface area contributed by atoms with Gasteiger partial charge in [-0.15, -0.1) is 0 Å². The van der Waals surface area contributed by atoms with Crippen LogP contribution in [0, 0.1) is 0 Å². The Morgan fingerprint density at radius 3 is 2.45 bits per heavy atom. The molecule has 0 aromatic heterocycles. The molecule has 0 N–H and O–H groups in total. The van der Waals surface area contributed by atoms with E-state index in [2.05, 4.69) is 29.0 Å². The molecule has 0 unspecified atom stereocenters. The molecule has 0 radical (unpaired) electrons. The van der Waals surface area contributed by atoms with E-state index in [0.717, 1.165) is 13.1 Å². The predicted octanol–water partition coefficient (Wildman–Crippen LogP) is 1.30. The molecular weight excluding hydrogens is 278 g/mol. The van der Waals surface area contributed by atoms with Crippen LogP contribution in [0.15, 0.2) is 30.3 Å². The number of carbonyl (C=O) groups excluding carboxylic acids is 1. The number of likely N-dealkylation sites (N-methyl/N-ethyl adjacent to an activating group) is 2. The first kappa shape index (κ1) is 16.8. The predicted molar refractivity (Wildman–Crippen MR) is 89.2 cm³/mol. The summed E-state index contributed by atoms with van der Waals surface area (Å²) in [6.45, 7) is 6.45. The van der Waals surface area contributed by atoms with Crippen LogP contribution >= 0.6 is 0 Å². The molecule has 1 heterocycles. The number of morpholine rings is 1. The Labute approximate surface area is 133 Å². The summed E-state index contributed by atoms with van der Waals surface area (Å²) in [7, 11) is 4.10. The van der Waals surface area contributed by atoms with Crippen molar-refractivity contribution in [3.8, 4) is 0 Å². The number of rotatable bonds is 6. The minimum absolute atomic E-state index is 0.0951. The summed E-state index contributed by atoms with van der Waals surface area (Å²) in [4.78, 5) is 18.7. The fourth-order valence-electron chi connectivity index (χ4n) is 2.55. The lowest BCUT2D eigenvalue weighted by atomic mass is 10.2. The van der Waals surface area contributed by atoms with Crippen LogP contribution in [-0.2, 0) is 9.53 Å². The molecule has 1 saturated heterocycles. The molecule has 1 aromatic carbocycles. The summed E-state index contributed by atoms with van der Waals surface area (Å²) in [6, 6.07) is 10.2. The molecule has 5 nitrogen and oxygen atoms in total. The molecule has 0 spiro atoms. The Balaban J connectivity index is 1.80. The van der Waals surface area contributed by atoms with E-state index in [0.29, 0.717) is 26.3 Å². The van der Waals surface area contributed by atoms with Crippen molar-refractivity contribution in [1.82, 2.24) is 9.80 Å². The maximum absolute atomic E-state index is 12.5. The van der Waals surface area contributed by atoms with Gasteiger partial charge < -0.3 is 14.5 Å². The molecule has 1 aromatic rings. The van der Waals surface area contributed by atoms with E-state index in [1.165, 1.54) is 5.69 Å². The highest BCUT2D eigenvalue weighted by Crippen LogP contribution is 2.11. The summed E-state index contributed by atoms with van der Waals surface area (Å²) >= 11 is 0. The number of ether oxygens (including phenoxy) is 1. The van der Waals surface area contributed by atoms with Crippen LogP contribution in [0.4, 0.5) is 5.69 Å². The van der Waals surface area contributed by atoms with E-state index < -0.39 is 0 Å². The van der Waals surface area contributed by atoms with Crippen LogP contribution in [0.3, 0.4) is 0 Å². The molecule has 5 heteroatoms. The first-order valence-corrected chi connectivity index (χ1v) is 7.92. The van der Waals surface area contributed by atoms with Gasteiger partial charge in [-0.05, 0) is 26.1 Å². The van der Waals surface area contributed by atoms with Crippen molar-refractivity contribution in [2.75, 3.05) is 58.4 Å². The van der Waals surface area contributed by atoms with Gasteiger partial charge in [-0.2, -0.15) is 0 Å². The minimum atomic E-state index is -0.0951. The summed E-state index contributed by atoms with van der Waals surface area (Å²) in [5, 5.41) is 0. The Kier molecular flexibility index (Phi) is 6.21. The van der Waals surface area contributed by atoms with Crippen molar-refractivity contribution in [1.29, 1.82) is 0 Å². The summed E-state index contributed by atoms with van der Waals surface area (Å²) in [5.74, 6) is 0.202. The second-order valence-corrected chi connectivity index (χ2v) is 5.85. The van der Waals surface area contributed by atoms with Crippen molar-refractivity contribution < 1.29 is 9.53 Å². The molecule has 1 atom stereocenters. The van der Waals surface area contributed by atoms with Crippen molar-refractivity contribution in [2.45, 2.75) is 13.0 Å². The van der Waals surface area contributed by atoms with Gasteiger partial charge in [0.25, 0.3) is 0 Å². The van der Waals surface area contributed by atoms with Crippen molar-refractivity contribution >= 4 is 11.6 Å². The molecule has 0 saturated carbocycles. The normalized spacial score (nSPS) is 16.6. The quantitative estimate of drug-likeness (QED) is 0.794. The Bertz CT molecular complexity index is 460. The molecule has 1 aliphatic heterocycles. The van der Waals surface area contributed by atoms with Crippen LogP contribution in [0.25, 0.3) is 0 Å². The van der Waals surface area contributed by atoms with Gasteiger partial charge in [0.1, 0.15) is 0 Å². The first-order valence-electron chi connectivity index (χ1n) is 7.92. The Hall–Kier alpha value is -1.59. The lowest BCUT2D eigenvalue weighted by molar-refractivity contribution is -0.140. The molecule has 122 valence electrons. The van der Waals surface area contributed by atoms with Crippen LogP contribution in [0.2, 0.25) is 0 Å². The zero-order valence-electron chi connectivity index (χ0n) is 13.9.